The van der Waals surface area contributed by atoms with Crippen molar-refractivity contribution in [3.63, 3.8) is 0 Å². The molecule has 22 heavy (non-hydrogen) atoms. The van der Waals surface area contributed by atoms with Crippen LogP contribution in [0.2, 0.25) is 0 Å². The number of Topliss-reactive ketones (excluding diaryl/α,β-unsaturated/α-hetero) is 1. The van der Waals surface area contributed by atoms with Crippen molar-refractivity contribution >= 4 is 33.6 Å². The van der Waals surface area contributed by atoms with Gasteiger partial charge in [0.15, 0.2) is 11.5 Å². The van der Waals surface area contributed by atoms with Gasteiger partial charge in [0.25, 0.3) is 0 Å². The van der Waals surface area contributed by atoms with Crippen molar-refractivity contribution in [1.29, 1.82) is 0 Å². The Kier molecular flexibility index (Phi) is 3.41. The lowest BCUT2D eigenvalue weighted by Crippen LogP contribution is -2.09. The van der Waals surface area contributed by atoms with Gasteiger partial charge in [-0.1, -0.05) is 0 Å². The van der Waals surface area contributed by atoms with Crippen LogP contribution in [-0.2, 0) is 4.74 Å². The van der Waals surface area contributed by atoms with E-state index < -0.39 is 5.97 Å². The number of ketones is 1. The normalized spacial score (nSPS) is 11.0. The SMILES string of the molecule is CCOC(=O)c1ncc2[nH]c3ccc(C(C)=O)cc3c2c1C. The highest BCUT2D eigenvalue weighted by Gasteiger charge is 2.17. The summed E-state index contributed by atoms with van der Waals surface area (Å²) in [6.07, 6.45) is 1.63. The number of pyridine rings is 1. The van der Waals surface area contributed by atoms with Crippen molar-refractivity contribution in [2.24, 2.45) is 0 Å². The van der Waals surface area contributed by atoms with Crippen LogP contribution in [0.25, 0.3) is 21.8 Å². The van der Waals surface area contributed by atoms with Crippen molar-refractivity contribution in [2.45, 2.75) is 20.8 Å². The zero-order valence-corrected chi connectivity index (χ0v) is 12.7. The molecular weight excluding hydrogens is 280 g/mol. The molecule has 0 fully saturated rings. The van der Waals surface area contributed by atoms with E-state index in [1.165, 1.54) is 6.92 Å². The van der Waals surface area contributed by atoms with Crippen LogP contribution in [0, 0.1) is 6.92 Å². The van der Waals surface area contributed by atoms with E-state index in [4.69, 9.17) is 4.74 Å². The molecule has 112 valence electrons. The molecule has 0 aliphatic rings. The Morgan fingerprint density at radius 3 is 2.73 bits per heavy atom. The highest BCUT2D eigenvalue weighted by molar-refractivity contribution is 6.12. The number of fused-ring (bicyclic) bond motifs is 3. The minimum atomic E-state index is -0.432. The first-order chi connectivity index (χ1) is 10.5. The number of rotatable bonds is 3. The van der Waals surface area contributed by atoms with E-state index in [9.17, 15) is 9.59 Å². The van der Waals surface area contributed by atoms with E-state index >= 15 is 0 Å². The first-order valence-corrected chi connectivity index (χ1v) is 7.12. The van der Waals surface area contributed by atoms with Gasteiger partial charge in [-0.05, 0) is 44.5 Å². The molecule has 3 aromatic rings. The summed E-state index contributed by atoms with van der Waals surface area (Å²) in [5, 5.41) is 1.81. The van der Waals surface area contributed by atoms with Gasteiger partial charge >= 0.3 is 5.97 Å². The molecule has 0 saturated heterocycles. The van der Waals surface area contributed by atoms with Crippen LogP contribution < -0.4 is 0 Å². The molecule has 1 N–H and O–H groups in total. The van der Waals surface area contributed by atoms with Crippen LogP contribution >= 0.6 is 0 Å². The summed E-state index contributed by atoms with van der Waals surface area (Å²) in [5.74, 6) is -0.424. The Labute approximate surface area is 127 Å². The molecule has 0 amide bonds. The van der Waals surface area contributed by atoms with E-state index in [2.05, 4.69) is 9.97 Å². The third kappa shape index (κ3) is 2.15. The lowest BCUT2D eigenvalue weighted by atomic mass is 10.0. The zero-order valence-electron chi connectivity index (χ0n) is 12.7. The molecule has 0 aliphatic heterocycles. The quantitative estimate of drug-likeness (QED) is 0.594. The minimum absolute atomic E-state index is 0.00794. The molecule has 0 unspecified atom stereocenters. The summed E-state index contributed by atoms with van der Waals surface area (Å²) in [4.78, 5) is 31.1. The molecule has 0 spiro atoms. The van der Waals surface area contributed by atoms with Crippen LogP contribution in [-0.4, -0.2) is 28.3 Å². The summed E-state index contributed by atoms with van der Waals surface area (Å²) in [7, 11) is 0. The van der Waals surface area contributed by atoms with Crippen LogP contribution in [0.4, 0.5) is 0 Å². The summed E-state index contributed by atoms with van der Waals surface area (Å²) < 4.78 is 5.04. The molecular formula is C17H16N2O3. The number of ether oxygens (including phenoxy) is 1. The van der Waals surface area contributed by atoms with Gasteiger partial charge in [0.05, 0.1) is 18.3 Å². The molecule has 2 aromatic heterocycles. The van der Waals surface area contributed by atoms with Crippen molar-refractivity contribution in [3.8, 4) is 0 Å². The first kappa shape index (κ1) is 14.3. The third-order valence-electron chi connectivity index (χ3n) is 3.76. The number of carbonyl (C=O) groups excluding carboxylic acids is 2. The Balaban J connectivity index is 2.31. The number of aromatic nitrogens is 2. The lowest BCUT2D eigenvalue weighted by Gasteiger charge is -2.05. The second-order valence-corrected chi connectivity index (χ2v) is 5.18. The van der Waals surface area contributed by atoms with Gasteiger partial charge < -0.3 is 9.72 Å². The van der Waals surface area contributed by atoms with Gasteiger partial charge in [-0.3, -0.25) is 4.79 Å². The highest BCUT2D eigenvalue weighted by atomic mass is 16.5. The molecule has 3 rings (SSSR count). The topological polar surface area (TPSA) is 72.0 Å². The first-order valence-electron chi connectivity index (χ1n) is 7.12. The molecule has 5 heteroatoms. The smallest absolute Gasteiger partial charge is 0.357 e. The van der Waals surface area contributed by atoms with E-state index in [1.54, 1.807) is 19.2 Å². The fourth-order valence-electron chi connectivity index (χ4n) is 2.68. The summed E-state index contributed by atoms with van der Waals surface area (Å²) in [5.41, 5.74) is 3.45. The largest absolute Gasteiger partial charge is 0.461 e. The predicted octanol–water partition coefficient (Wildman–Crippen LogP) is 3.40. The average Bonchev–Trinajstić information content (AvgIpc) is 2.85. The number of aryl methyl sites for hydroxylation is 1. The standard InChI is InChI=1S/C17H16N2O3/c1-4-22-17(21)16-9(2)15-12-7-11(10(3)20)5-6-13(12)19-14(15)8-18-16/h5-8,19H,4H2,1-3H3. The zero-order chi connectivity index (χ0) is 15.9. The number of aromatic amines is 1. The molecule has 2 heterocycles. The number of H-pyrrole nitrogens is 1. The van der Waals surface area contributed by atoms with E-state index in [1.807, 2.05) is 19.1 Å². The number of carbonyl (C=O) groups is 2. The molecule has 0 saturated carbocycles. The average molecular weight is 296 g/mol. The molecule has 5 nitrogen and oxygen atoms in total. The van der Waals surface area contributed by atoms with Crippen LogP contribution in [0.1, 0.15) is 40.3 Å². The van der Waals surface area contributed by atoms with E-state index in [-0.39, 0.29) is 5.78 Å². The van der Waals surface area contributed by atoms with Crippen molar-refractivity contribution < 1.29 is 14.3 Å². The van der Waals surface area contributed by atoms with Crippen LogP contribution in [0.15, 0.2) is 24.4 Å². The highest BCUT2D eigenvalue weighted by Crippen LogP contribution is 2.30. The van der Waals surface area contributed by atoms with Gasteiger partial charge in [-0.2, -0.15) is 0 Å². The monoisotopic (exact) mass is 296 g/mol. The number of hydrogen-bond donors (Lipinski definition) is 1. The summed E-state index contributed by atoms with van der Waals surface area (Å²) >= 11 is 0. The van der Waals surface area contributed by atoms with Gasteiger partial charge in [-0.25, -0.2) is 9.78 Å². The Morgan fingerprint density at radius 1 is 1.27 bits per heavy atom. The van der Waals surface area contributed by atoms with Crippen molar-refractivity contribution in [2.75, 3.05) is 6.61 Å². The van der Waals surface area contributed by atoms with Gasteiger partial charge in [0, 0.05) is 21.9 Å². The Hall–Kier alpha value is -2.69. The minimum Gasteiger partial charge on any atom is -0.461 e. The number of nitrogens with zero attached hydrogens (tertiary/aromatic N) is 1. The third-order valence-corrected chi connectivity index (χ3v) is 3.76. The van der Waals surface area contributed by atoms with Gasteiger partial charge in [0.1, 0.15) is 0 Å². The number of nitrogens with one attached hydrogen (secondary N) is 1. The molecule has 0 atom stereocenters. The molecule has 0 radical (unpaired) electrons. The summed E-state index contributed by atoms with van der Waals surface area (Å²) in [6.45, 7) is 5.45. The molecule has 0 aliphatic carbocycles. The second-order valence-electron chi connectivity index (χ2n) is 5.18. The number of hydrogen-bond acceptors (Lipinski definition) is 4. The maximum absolute atomic E-state index is 12.0. The van der Waals surface area contributed by atoms with Crippen LogP contribution in [0.5, 0.6) is 0 Å². The van der Waals surface area contributed by atoms with Gasteiger partial charge in [-0.15, -0.1) is 0 Å². The summed E-state index contributed by atoms with van der Waals surface area (Å²) in [6, 6.07) is 5.50. The predicted molar refractivity (Wildman–Crippen MR) is 84.3 cm³/mol. The molecule has 1 aromatic carbocycles. The van der Waals surface area contributed by atoms with Gasteiger partial charge in [0.2, 0.25) is 0 Å². The van der Waals surface area contributed by atoms with Crippen molar-refractivity contribution in [3.05, 3.63) is 41.2 Å². The number of benzene rings is 1. The van der Waals surface area contributed by atoms with Crippen LogP contribution in [0.3, 0.4) is 0 Å². The maximum Gasteiger partial charge on any atom is 0.357 e. The van der Waals surface area contributed by atoms with Crippen molar-refractivity contribution in [1.82, 2.24) is 9.97 Å². The molecule has 0 bridgehead atoms. The lowest BCUT2D eigenvalue weighted by molar-refractivity contribution is 0.0518. The fourth-order valence-corrected chi connectivity index (χ4v) is 2.68. The fraction of sp³-hybridized carbons (Fsp3) is 0.235. The Bertz CT molecular complexity index is 909. The van der Waals surface area contributed by atoms with E-state index in [0.29, 0.717) is 17.9 Å². The van der Waals surface area contributed by atoms with E-state index in [0.717, 1.165) is 27.4 Å². The number of esters is 1. The second kappa shape index (κ2) is 5.26. The Morgan fingerprint density at radius 2 is 2.05 bits per heavy atom. The maximum atomic E-state index is 12.0.